The third-order valence-electron chi connectivity index (χ3n) is 5.23. The number of benzene rings is 1. The normalized spacial score (nSPS) is 19.4. The molecule has 4 N–H and O–H groups in total. The number of hydrogen-bond donors (Lipinski definition) is 3. The van der Waals surface area contributed by atoms with Crippen molar-refractivity contribution >= 4 is 17.7 Å². The second kappa shape index (κ2) is 9.10. The van der Waals surface area contributed by atoms with Gasteiger partial charge in [-0.05, 0) is 49.5 Å². The SMILES string of the molecule is NCCCCCCNCc1ccc2c(c1)C(=O)N(C1CCC(=O)NC1=O)C2. The summed E-state index contributed by atoms with van der Waals surface area (Å²) in [5, 5.41) is 5.74. The smallest absolute Gasteiger partial charge is 0.255 e. The summed E-state index contributed by atoms with van der Waals surface area (Å²) in [7, 11) is 0. The third-order valence-corrected chi connectivity index (χ3v) is 5.23. The first-order valence-corrected chi connectivity index (χ1v) is 9.77. The van der Waals surface area contributed by atoms with Crippen molar-refractivity contribution in [2.24, 2.45) is 5.73 Å². The molecule has 0 saturated carbocycles. The van der Waals surface area contributed by atoms with Gasteiger partial charge in [-0.3, -0.25) is 19.7 Å². The number of unbranched alkanes of at least 4 members (excludes halogenated alkanes) is 3. The van der Waals surface area contributed by atoms with Crippen molar-refractivity contribution in [2.45, 2.75) is 57.7 Å². The van der Waals surface area contributed by atoms with Crippen LogP contribution in [0.25, 0.3) is 0 Å². The minimum absolute atomic E-state index is 0.122. The van der Waals surface area contributed by atoms with Gasteiger partial charge in [0.25, 0.3) is 5.91 Å². The van der Waals surface area contributed by atoms with Crippen molar-refractivity contribution in [1.82, 2.24) is 15.5 Å². The predicted octanol–water partition coefficient (Wildman–Crippen LogP) is 1.06. The number of rotatable bonds is 9. The van der Waals surface area contributed by atoms with Crippen LogP contribution in [-0.2, 0) is 22.7 Å². The molecule has 0 spiro atoms. The molecule has 1 aromatic carbocycles. The molecule has 2 aliphatic rings. The Labute approximate surface area is 159 Å². The van der Waals surface area contributed by atoms with Crippen LogP contribution >= 0.6 is 0 Å². The maximum atomic E-state index is 12.8. The lowest BCUT2D eigenvalue weighted by molar-refractivity contribution is -0.136. The number of nitrogens with two attached hydrogens (primary N) is 1. The average molecular weight is 372 g/mol. The second-order valence-electron chi connectivity index (χ2n) is 7.27. The van der Waals surface area contributed by atoms with E-state index in [0.29, 0.717) is 18.5 Å². The fourth-order valence-electron chi connectivity index (χ4n) is 3.69. The van der Waals surface area contributed by atoms with Crippen LogP contribution in [-0.4, -0.2) is 41.8 Å². The monoisotopic (exact) mass is 372 g/mol. The Morgan fingerprint density at radius 3 is 2.74 bits per heavy atom. The average Bonchev–Trinajstić information content (AvgIpc) is 2.97. The molecule has 3 rings (SSSR count). The van der Waals surface area contributed by atoms with Crippen molar-refractivity contribution in [1.29, 1.82) is 0 Å². The first kappa shape index (κ1) is 19.5. The van der Waals surface area contributed by atoms with Crippen molar-refractivity contribution in [2.75, 3.05) is 13.1 Å². The maximum Gasteiger partial charge on any atom is 0.255 e. The van der Waals surface area contributed by atoms with Crippen LogP contribution in [0.4, 0.5) is 0 Å². The summed E-state index contributed by atoms with van der Waals surface area (Å²) in [5.74, 6) is -0.760. The van der Waals surface area contributed by atoms with Gasteiger partial charge in [-0.1, -0.05) is 25.0 Å². The molecule has 0 aromatic heterocycles. The largest absolute Gasteiger partial charge is 0.330 e. The molecular formula is C20H28N4O3. The number of fused-ring (bicyclic) bond motifs is 1. The Balaban J connectivity index is 1.53. The van der Waals surface area contributed by atoms with Crippen LogP contribution < -0.4 is 16.4 Å². The molecule has 2 heterocycles. The molecule has 1 aromatic rings. The fraction of sp³-hybridized carbons (Fsp3) is 0.550. The summed E-state index contributed by atoms with van der Waals surface area (Å²) in [5.41, 5.74) is 8.16. The number of nitrogens with one attached hydrogen (secondary N) is 2. The van der Waals surface area contributed by atoms with E-state index in [1.165, 1.54) is 12.8 Å². The topological polar surface area (TPSA) is 105 Å². The molecule has 1 fully saturated rings. The van der Waals surface area contributed by atoms with E-state index >= 15 is 0 Å². The van der Waals surface area contributed by atoms with Gasteiger partial charge in [0.1, 0.15) is 6.04 Å². The number of piperidine rings is 1. The van der Waals surface area contributed by atoms with Gasteiger partial charge in [-0.2, -0.15) is 0 Å². The van der Waals surface area contributed by atoms with Gasteiger partial charge in [-0.25, -0.2) is 0 Å². The van der Waals surface area contributed by atoms with Crippen LogP contribution in [0.5, 0.6) is 0 Å². The van der Waals surface area contributed by atoms with Crippen LogP contribution in [0, 0.1) is 0 Å². The van der Waals surface area contributed by atoms with Crippen LogP contribution in [0.2, 0.25) is 0 Å². The molecule has 7 heteroatoms. The van der Waals surface area contributed by atoms with E-state index in [4.69, 9.17) is 5.73 Å². The fourth-order valence-corrected chi connectivity index (χ4v) is 3.69. The highest BCUT2D eigenvalue weighted by molar-refractivity contribution is 6.05. The quantitative estimate of drug-likeness (QED) is 0.444. The highest BCUT2D eigenvalue weighted by Crippen LogP contribution is 2.28. The minimum atomic E-state index is -0.558. The zero-order valence-corrected chi connectivity index (χ0v) is 15.6. The van der Waals surface area contributed by atoms with Crippen molar-refractivity contribution in [3.63, 3.8) is 0 Å². The molecule has 0 bridgehead atoms. The van der Waals surface area contributed by atoms with E-state index in [1.54, 1.807) is 4.90 Å². The molecule has 1 atom stereocenters. The van der Waals surface area contributed by atoms with E-state index in [2.05, 4.69) is 10.6 Å². The van der Waals surface area contributed by atoms with Gasteiger partial charge >= 0.3 is 0 Å². The van der Waals surface area contributed by atoms with Gasteiger partial charge < -0.3 is 16.0 Å². The molecule has 3 amide bonds. The number of carbonyl (C=O) groups is 3. The van der Waals surface area contributed by atoms with E-state index in [9.17, 15) is 14.4 Å². The van der Waals surface area contributed by atoms with Crippen molar-refractivity contribution in [3.8, 4) is 0 Å². The number of amides is 3. The highest BCUT2D eigenvalue weighted by Gasteiger charge is 2.38. The summed E-state index contributed by atoms with van der Waals surface area (Å²) < 4.78 is 0. The molecule has 146 valence electrons. The zero-order chi connectivity index (χ0) is 19.2. The van der Waals surface area contributed by atoms with E-state index in [0.717, 1.165) is 43.6 Å². The summed E-state index contributed by atoms with van der Waals surface area (Å²) in [6, 6.07) is 5.36. The summed E-state index contributed by atoms with van der Waals surface area (Å²) in [6.45, 7) is 2.84. The zero-order valence-electron chi connectivity index (χ0n) is 15.6. The summed E-state index contributed by atoms with van der Waals surface area (Å²) in [6.07, 6.45) is 5.21. The van der Waals surface area contributed by atoms with Gasteiger partial charge in [0.2, 0.25) is 11.8 Å². The second-order valence-corrected chi connectivity index (χ2v) is 7.27. The molecule has 7 nitrogen and oxygen atoms in total. The van der Waals surface area contributed by atoms with Crippen LogP contribution in [0.3, 0.4) is 0 Å². The Hall–Kier alpha value is -2.25. The number of carbonyl (C=O) groups excluding carboxylic acids is 3. The summed E-state index contributed by atoms with van der Waals surface area (Å²) in [4.78, 5) is 37.8. The molecule has 0 aliphatic carbocycles. The van der Waals surface area contributed by atoms with E-state index < -0.39 is 6.04 Å². The first-order chi connectivity index (χ1) is 13.1. The van der Waals surface area contributed by atoms with Gasteiger partial charge in [-0.15, -0.1) is 0 Å². The maximum absolute atomic E-state index is 12.8. The highest BCUT2D eigenvalue weighted by atomic mass is 16.2. The number of imide groups is 1. The van der Waals surface area contributed by atoms with Gasteiger partial charge in [0, 0.05) is 25.1 Å². The Morgan fingerprint density at radius 1 is 1.15 bits per heavy atom. The lowest BCUT2D eigenvalue weighted by Crippen LogP contribution is -2.52. The van der Waals surface area contributed by atoms with E-state index in [-0.39, 0.29) is 24.1 Å². The van der Waals surface area contributed by atoms with Crippen molar-refractivity contribution < 1.29 is 14.4 Å². The molecule has 1 saturated heterocycles. The Bertz CT molecular complexity index is 719. The van der Waals surface area contributed by atoms with E-state index in [1.807, 2.05) is 18.2 Å². The molecule has 27 heavy (non-hydrogen) atoms. The van der Waals surface area contributed by atoms with Crippen molar-refractivity contribution in [3.05, 3.63) is 34.9 Å². The number of nitrogens with zero attached hydrogens (tertiary/aromatic N) is 1. The molecule has 0 radical (unpaired) electrons. The Kier molecular flexibility index (Phi) is 6.58. The third kappa shape index (κ3) is 4.73. The molecule has 1 unspecified atom stereocenters. The van der Waals surface area contributed by atoms with Crippen LogP contribution in [0.15, 0.2) is 18.2 Å². The van der Waals surface area contributed by atoms with Gasteiger partial charge in [0.05, 0.1) is 0 Å². The molecule has 2 aliphatic heterocycles. The van der Waals surface area contributed by atoms with Crippen LogP contribution in [0.1, 0.15) is 60.0 Å². The standard InChI is InChI=1S/C20H28N4O3/c21-9-3-1-2-4-10-22-12-14-5-6-15-13-24(20(27)16(15)11-14)17-7-8-18(25)23-19(17)26/h5-6,11,17,22H,1-4,7-10,12-13,21H2,(H,23,25,26). The summed E-state index contributed by atoms with van der Waals surface area (Å²) >= 11 is 0. The lowest BCUT2D eigenvalue weighted by atomic mass is 10.0. The van der Waals surface area contributed by atoms with Gasteiger partial charge in [0.15, 0.2) is 0 Å². The lowest BCUT2D eigenvalue weighted by Gasteiger charge is -2.29. The predicted molar refractivity (Wildman–Crippen MR) is 102 cm³/mol. The number of hydrogen-bond acceptors (Lipinski definition) is 5. The Morgan fingerprint density at radius 2 is 1.96 bits per heavy atom. The minimum Gasteiger partial charge on any atom is -0.330 e. The molecular weight excluding hydrogens is 344 g/mol. The first-order valence-electron chi connectivity index (χ1n) is 9.77.